The smallest absolute Gasteiger partial charge is 0.310 e. The summed E-state index contributed by atoms with van der Waals surface area (Å²) in [6.45, 7) is -0.518. The Kier molecular flexibility index (Phi) is 5.76. The number of halogens is 3. The molecule has 42 heavy (non-hydrogen) atoms. The van der Waals surface area contributed by atoms with Crippen molar-refractivity contribution in [3.63, 3.8) is 0 Å². The number of benzene rings is 1. The summed E-state index contributed by atoms with van der Waals surface area (Å²) in [6, 6.07) is 10.3. The van der Waals surface area contributed by atoms with Crippen LogP contribution in [0.5, 0.6) is 0 Å². The molecule has 214 valence electrons. The van der Waals surface area contributed by atoms with Crippen LogP contribution in [0.2, 0.25) is 0 Å². The average Bonchev–Trinajstić information content (AvgIpc) is 3.71. The van der Waals surface area contributed by atoms with Crippen LogP contribution in [-0.4, -0.2) is 50.5 Å². The number of pyridine rings is 2. The van der Waals surface area contributed by atoms with Crippen LogP contribution in [0.4, 0.5) is 24.8 Å². The van der Waals surface area contributed by atoms with Gasteiger partial charge >= 0.3 is 6.18 Å². The highest BCUT2D eigenvalue weighted by atomic mass is 19.4. The molecule has 2 aliphatic heterocycles. The molecule has 2 aliphatic carbocycles. The topological polar surface area (TPSA) is 117 Å². The lowest BCUT2D eigenvalue weighted by atomic mass is 9.79. The predicted octanol–water partition coefficient (Wildman–Crippen LogP) is 4.02. The summed E-state index contributed by atoms with van der Waals surface area (Å²) in [6.07, 6.45) is 1.69. The first-order valence-corrected chi connectivity index (χ1v) is 13.7. The molecule has 9 nitrogen and oxygen atoms in total. The molecule has 3 amide bonds. The van der Waals surface area contributed by atoms with Gasteiger partial charge in [0.15, 0.2) is 0 Å². The first kappa shape index (κ1) is 26.3. The van der Waals surface area contributed by atoms with E-state index < -0.39 is 41.1 Å². The summed E-state index contributed by atoms with van der Waals surface area (Å²) in [4.78, 5) is 54.1. The molecule has 1 aromatic carbocycles. The van der Waals surface area contributed by atoms with Crippen LogP contribution < -0.4 is 10.6 Å². The van der Waals surface area contributed by atoms with Crippen LogP contribution in [0, 0.1) is 0 Å². The van der Waals surface area contributed by atoms with E-state index >= 15 is 0 Å². The third-order valence-corrected chi connectivity index (χ3v) is 8.75. The number of aromatic nitrogens is 2. The van der Waals surface area contributed by atoms with Crippen molar-refractivity contribution in [2.24, 2.45) is 4.99 Å². The molecule has 4 heterocycles. The summed E-state index contributed by atoms with van der Waals surface area (Å²) < 4.78 is 41.7. The number of hydrogen-bond donors (Lipinski definition) is 2. The molecule has 2 N–H and O–H groups in total. The first-order chi connectivity index (χ1) is 20.1. The lowest BCUT2D eigenvalue weighted by molar-refractivity contribution is -0.138. The number of hydrogen-bond acceptors (Lipinski definition) is 6. The zero-order chi connectivity index (χ0) is 29.3. The van der Waals surface area contributed by atoms with Gasteiger partial charge in [0.2, 0.25) is 11.8 Å². The summed E-state index contributed by atoms with van der Waals surface area (Å²) >= 11 is 0. The van der Waals surface area contributed by atoms with E-state index in [1.54, 1.807) is 24.5 Å². The number of fused-ring (bicyclic) bond motifs is 3. The van der Waals surface area contributed by atoms with Gasteiger partial charge in [-0.3, -0.25) is 24.3 Å². The third-order valence-electron chi connectivity index (χ3n) is 8.75. The van der Waals surface area contributed by atoms with E-state index in [1.165, 1.54) is 18.2 Å². The van der Waals surface area contributed by atoms with Crippen LogP contribution in [0.25, 0.3) is 0 Å². The quantitative estimate of drug-likeness (QED) is 0.488. The number of carbonyl (C=O) groups is 3. The molecule has 1 saturated carbocycles. The van der Waals surface area contributed by atoms with Gasteiger partial charge in [0.25, 0.3) is 5.91 Å². The van der Waals surface area contributed by atoms with E-state index in [1.807, 2.05) is 6.07 Å². The van der Waals surface area contributed by atoms with Gasteiger partial charge in [-0.25, -0.2) is 9.97 Å². The van der Waals surface area contributed by atoms with Crippen molar-refractivity contribution in [3.05, 3.63) is 82.7 Å². The highest BCUT2D eigenvalue weighted by Gasteiger charge is 2.52. The van der Waals surface area contributed by atoms with Crippen molar-refractivity contribution < 1.29 is 27.6 Å². The van der Waals surface area contributed by atoms with Crippen LogP contribution in [0.3, 0.4) is 0 Å². The Morgan fingerprint density at radius 1 is 1.02 bits per heavy atom. The first-order valence-electron chi connectivity index (χ1n) is 13.7. The number of carbonyl (C=O) groups excluding carboxylic acids is 3. The van der Waals surface area contributed by atoms with Crippen LogP contribution in [0.1, 0.15) is 53.5 Å². The molecular formula is C30H25F3N6O3. The fourth-order valence-electron chi connectivity index (χ4n) is 6.77. The van der Waals surface area contributed by atoms with Crippen LogP contribution in [-0.2, 0) is 38.8 Å². The Labute approximate surface area is 238 Å². The van der Waals surface area contributed by atoms with E-state index in [9.17, 15) is 27.6 Å². The molecule has 2 spiro atoms. The van der Waals surface area contributed by atoms with Gasteiger partial charge < -0.3 is 10.6 Å². The van der Waals surface area contributed by atoms with E-state index in [0.29, 0.717) is 31.5 Å². The molecule has 1 atom stereocenters. The van der Waals surface area contributed by atoms with Gasteiger partial charge in [-0.2, -0.15) is 13.2 Å². The van der Waals surface area contributed by atoms with E-state index in [4.69, 9.17) is 0 Å². The maximum absolute atomic E-state index is 13.9. The molecule has 2 aromatic heterocycles. The van der Waals surface area contributed by atoms with E-state index in [-0.39, 0.29) is 23.1 Å². The number of amidine groups is 1. The Hall–Kier alpha value is -4.61. The summed E-state index contributed by atoms with van der Waals surface area (Å²) in [5.41, 5.74) is -0.575. The Morgan fingerprint density at radius 3 is 2.57 bits per heavy atom. The van der Waals surface area contributed by atoms with E-state index in [2.05, 4.69) is 25.6 Å². The second-order valence-electron chi connectivity index (χ2n) is 11.3. The lowest BCUT2D eigenvalue weighted by Crippen LogP contribution is -2.45. The van der Waals surface area contributed by atoms with Crippen molar-refractivity contribution in [2.45, 2.75) is 55.7 Å². The molecule has 3 aromatic rings. The molecule has 1 fully saturated rings. The van der Waals surface area contributed by atoms with Gasteiger partial charge in [0, 0.05) is 23.5 Å². The van der Waals surface area contributed by atoms with Gasteiger partial charge in [-0.05, 0) is 55.0 Å². The molecule has 0 radical (unpaired) electrons. The zero-order valence-corrected chi connectivity index (χ0v) is 22.3. The summed E-state index contributed by atoms with van der Waals surface area (Å²) in [5, 5.41) is 5.54. The highest BCUT2D eigenvalue weighted by molar-refractivity contribution is 6.18. The maximum Gasteiger partial charge on any atom is 0.417 e. The molecule has 7 rings (SSSR count). The second-order valence-corrected chi connectivity index (χ2v) is 11.3. The van der Waals surface area contributed by atoms with Crippen LogP contribution in [0.15, 0.2) is 59.9 Å². The van der Waals surface area contributed by atoms with Crippen molar-refractivity contribution in [2.75, 3.05) is 17.2 Å². The third kappa shape index (κ3) is 3.99. The van der Waals surface area contributed by atoms with Gasteiger partial charge in [0.1, 0.15) is 29.6 Å². The zero-order valence-electron chi connectivity index (χ0n) is 22.3. The van der Waals surface area contributed by atoms with Crippen molar-refractivity contribution >= 4 is 35.2 Å². The summed E-state index contributed by atoms with van der Waals surface area (Å²) in [5.74, 6) is -0.617. The number of alkyl halides is 3. The number of nitrogens with zero attached hydrogens (tertiary/aromatic N) is 4. The maximum atomic E-state index is 13.9. The fourth-order valence-corrected chi connectivity index (χ4v) is 6.77. The van der Waals surface area contributed by atoms with Crippen molar-refractivity contribution in [1.82, 2.24) is 14.9 Å². The Balaban J connectivity index is 1.14. The normalized spacial score (nSPS) is 22.0. The number of anilines is 2. The molecular weight excluding hydrogens is 549 g/mol. The number of aliphatic imine (C=N–C) groups is 1. The minimum absolute atomic E-state index is 0.141. The minimum atomic E-state index is -4.67. The summed E-state index contributed by atoms with van der Waals surface area (Å²) in [7, 11) is 0. The Morgan fingerprint density at radius 2 is 1.79 bits per heavy atom. The van der Waals surface area contributed by atoms with Crippen LogP contribution >= 0.6 is 0 Å². The standard InChI is InChI=1S/C30H25F3N6O3/c31-30(32,33)20-7-2-1-6-19(20)25-38-29(9-3-4-10-29)27(42)39(25)16-23(40)36-22-12-17-13-28(14-18(17)15-35-22)21-8-5-11-34-24(21)37-26(28)41/h1-2,5-8,11-12,15H,3-4,9-10,13-14,16H2,(H,34,37,41)(H,35,36,40)/t28-/m0/s1. The minimum Gasteiger partial charge on any atom is -0.310 e. The number of amides is 3. The monoisotopic (exact) mass is 574 g/mol. The van der Waals surface area contributed by atoms with Crippen molar-refractivity contribution in [3.8, 4) is 0 Å². The van der Waals surface area contributed by atoms with Gasteiger partial charge in [-0.15, -0.1) is 0 Å². The SMILES string of the molecule is O=C(CN1C(=O)C2(CCCC2)N=C1c1ccccc1C(F)(F)F)Nc1cc2c(cn1)C[C@]1(C2)C(=O)Nc2ncccc21. The molecule has 4 aliphatic rings. The lowest BCUT2D eigenvalue weighted by Gasteiger charge is -2.23. The van der Waals surface area contributed by atoms with Gasteiger partial charge in [0.05, 0.1) is 11.0 Å². The average molecular weight is 575 g/mol. The molecule has 12 heteroatoms. The van der Waals surface area contributed by atoms with E-state index in [0.717, 1.165) is 40.5 Å². The molecule has 0 unspecified atom stereocenters. The number of rotatable bonds is 4. The second kappa shape index (κ2) is 9.20. The highest BCUT2D eigenvalue weighted by Crippen LogP contribution is 2.47. The number of nitrogens with one attached hydrogen (secondary N) is 2. The molecule has 0 saturated heterocycles. The largest absolute Gasteiger partial charge is 0.417 e. The van der Waals surface area contributed by atoms with Gasteiger partial charge in [-0.1, -0.05) is 37.1 Å². The predicted molar refractivity (Wildman–Crippen MR) is 146 cm³/mol. The fraction of sp³-hybridized carbons (Fsp3) is 0.333. The van der Waals surface area contributed by atoms with Crippen molar-refractivity contribution in [1.29, 1.82) is 0 Å². The molecule has 0 bridgehead atoms. The Bertz CT molecular complexity index is 1700.